The Morgan fingerprint density at radius 1 is 1.30 bits per heavy atom. The average Bonchev–Trinajstić information content (AvgIpc) is 2.93. The minimum atomic E-state index is -0.0905. The number of benzene rings is 1. The summed E-state index contributed by atoms with van der Waals surface area (Å²) in [6, 6.07) is 7.25. The molecule has 110 valence electrons. The first kappa shape index (κ1) is 18.4. The topological polar surface area (TPSA) is 71.8 Å². The number of nitrogens with one attached hydrogen (secondary N) is 2. The van der Waals surface area contributed by atoms with E-state index in [1.54, 1.807) is 23.1 Å². The van der Waals surface area contributed by atoms with Gasteiger partial charge in [-0.2, -0.15) is 5.10 Å². The summed E-state index contributed by atoms with van der Waals surface area (Å²) >= 11 is 0. The van der Waals surface area contributed by atoms with Crippen LogP contribution in [0.2, 0.25) is 0 Å². The first-order valence-electron chi connectivity index (χ1n) is 5.69. The Labute approximate surface area is 129 Å². The molecule has 0 bridgehead atoms. The summed E-state index contributed by atoms with van der Waals surface area (Å²) in [7, 11) is 1.84. The molecule has 6 nitrogen and oxygen atoms in total. The van der Waals surface area contributed by atoms with Gasteiger partial charge < -0.3 is 10.6 Å². The third-order valence-corrected chi connectivity index (χ3v) is 2.45. The van der Waals surface area contributed by atoms with Crippen LogP contribution in [0.25, 0.3) is 5.69 Å². The number of carbonyl (C=O) groups is 1. The lowest BCUT2D eigenvalue weighted by molar-refractivity contribution is 0.0954. The number of hydrogen-bond acceptors (Lipinski definition) is 4. The van der Waals surface area contributed by atoms with Gasteiger partial charge in [-0.1, -0.05) is 6.07 Å². The second-order valence-electron chi connectivity index (χ2n) is 3.75. The predicted molar refractivity (Wildman–Crippen MR) is 82.1 cm³/mol. The molecule has 0 aliphatic heterocycles. The third-order valence-electron chi connectivity index (χ3n) is 2.45. The summed E-state index contributed by atoms with van der Waals surface area (Å²) < 4.78 is 1.62. The van der Waals surface area contributed by atoms with Crippen molar-refractivity contribution in [3.05, 3.63) is 42.5 Å². The Kier molecular flexibility index (Phi) is 8.54. The molecule has 2 N–H and O–H groups in total. The minimum Gasteiger partial charge on any atom is -0.351 e. The van der Waals surface area contributed by atoms with Gasteiger partial charge in [-0.25, -0.2) is 9.67 Å². The molecular weight excluding hydrogens is 301 g/mol. The highest BCUT2D eigenvalue weighted by molar-refractivity contribution is 5.94. The third kappa shape index (κ3) is 4.80. The van der Waals surface area contributed by atoms with E-state index in [-0.39, 0.29) is 30.7 Å². The monoisotopic (exact) mass is 317 g/mol. The number of amides is 1. The lowest BCUT2D eigenvalue weighted by Crippen LogP contribution is -2.30. The van der Waals surface area contributed by atoms with Crippen LogP contribution in [0.4, 0.5) is 0 Å². The Bertz CT molecular complexity index is 518. The normalized spacial score (nSPS) is 9.25. The second kappa shape index (κ2) is 9.30. The number of rotatable bonds is 5. The number of carbonyl (C=O) groups excluding carboxylic acids is 1. The number of likely N-dealkylation sites (N-methyl/N-ethyl adjacent to an activating group) is 1. The number of aromatic nitrogens is 3. The van der Waals surface area contributed by atoms with Crippen LogP contribution in [0, 0.1) is 0 Å². The molecule has 20 heavy (non-hydrogen) atoms. The minimum absolute atomic E-state index is 0. The van der Waals surface area contributed by atoms with Gasteiger partial charge in [0.25, 0.3) is 5.91 Å². The van der Waals surface area contributed by atoms with E-state index in [9.17, 15) is 4.79 Å². The van der Waals surface area contributed by atoms with Crippen molar-refractivity contribution in [2.45, 2.75) is 0 Å². The van der Waals surface area contributed by atoms with Crippen LogP contribution in [0.5, 0.6) is 0 Å². The molecule has 0 spiro atoms. The van der Waals surface area contributed by atoms with Crippen molar-refractivity contribution in [2.75, 3.05) is 20.1 Å². The Morgan fingerprint density at radius 2 is 2.10 bits per heavy atom. The Morgan fingerprint density at radius 3 is 2.75 bits per heavy atom. The van der Waals surface area contributed by atoms with Gasteiger partial charge in [0, 0.05) is 18.7 Å². The van der Waals surface area contributed by atoms with Crippen LogP contribution in [-0.4, -0.2) is 40.8 Å². The molecule has 1 aromatic carbocycles. The molecule has 0 atom stereocenters. The van der Waals surface area contributed by atoms with Crippen LogP contribution in [0.1, 0.15) is 10.4 Å². The molecule has 0 saturated heterocycles. The lowest BCUT2D eigenvalue weighted by atomic mass is 10.2. The van der Waals surface area contributed by atoms with Crippen molar-refractivity contribution in [1.82, 2.24) is 25.4 Å². The number of nitrogens with zero attached hydrogens (tertiary/aromatic N) is 3. The van der Waals surface area contributed by atoms with Crippen molar-refractivity contribution in [3.8, 4) is 5.69 Å². The molecule has 1 aromatic heterocycles. The highest BCUT2D eigenvalue weighted by atomic mass is 35.5. The van der Waals surface area contributed by atoms with Gasteiger partial charge in [-0.15, -0.1) is 24.8 Å². The molecule has 0 aliphatic rings. The highest BCUT2D eigenvalue weighted by Crippen LogP contribution is 2.08. The predicted octanol–water partition coefficient (Wildman–Crippen LogP) is 1.06. The van der Waals surface area contributed by atoms with Gasteiger partial charge in [-0.05, 0) is 25.2 Å². The molecule has 8 heteroatoms. The van der Waals surface area contributed by atoms with E-state index < -0.39 is 0 Å². The van der Waals surface area contributed by atoms with Gasteiger partial charge in [0.05, 0.1) is 5.69 Å². The molecule has 0 unspecified atom stereocenters. The van der Waals surface area contributed by atoms with Crippen molar-refractivity contribution >= 4 is 30.7 Å². The maximum Gasteiger partial charge on any atom is 0.251 e. The molecular formula is C12H17Cl2N5O. The maximum atomic E-state index is 11.9. The van der Waals surface area contributed by atoms with E-state index in [1.165, 1.54) is 6.33 Å². The molecule has 2 aromatic rings. The molecule has 2 rings (SSSR count). The smallest absolute Gasteiger partial charge is 0.251 e. The van der Waals surface area contributed by atoms with Gasteiger partial charge in [0.15, 0.2) is 0 Å². The SMILES string of the molecule is CNCCNC(=O)c1cccc(-n2cncn2)c1.Cl.Cl. The van der Waals surface area contributed by atoms with Crippen LogP contribution in [-0.2, 0) is 0 Å². The number of halogens is 2. The molecule has 1 amide bonds. The summed E-state index contributed by atoms with van der Waals surface area (Å²) in [5.74, 6) is -0.0905. The van der Waals surface area contributed by atoms with E-state index in [0.29, 0.717) is 12.1 Å². The van der Waals surface area contributed by atoms with Crippen LogP contribution < -0.4 is 10.6 Å². The fraction of sp³-hybridized carbons (Fsp3) is 0.250. The summed E-state index contributed by atoms with van der Waals surface area (Å²) in [6.07, 6.45) is 3.05. The second-order valence-corrected chi connectivity index (χ2v) is 3.75. The van der Waals surface area contributed by atoms with E-state index in [2.05, 4.69) is 20.7 Å². The highest BCUT2D eigenvalue weighted by Gasteiger charge is 2.06. The van der Waals surface area contributed by atoms with Crippen molar-refractivity contribution in [2.24, 2.45) is 0 Å². The fourth-order valence-electron chi connectivity index (χ4n) is 1.53. The molecule has 0 saturated carbocycles. The van der Waals surface area contributed by atoms with E-state index >= 15 is 0 Å². The summed E-state index contributed by atoms with van der Waals surface area (Å²) in [6.45, 7) is 1.34. The zero-order valence-corrected chi connectivity index (χ0v) is 12.6. The first-order valence-corrected chi connectivity index (χ1v) is 5.69. The van der Waals surface area contributed by atoms with E-state index in [1.807, 2.05) is 19.2 Å². The van der Waals surface area contributed by atoms with E-state index in [0.717, 1.165) is 12.2 Å². The Balaban J connectivity index is 0.00000180. The maximum absolute atomic E-state index is 11.9. The summed E-state index contributed by atoms with van der Waals surface area (Å²) in [5.41, 5.74) is 1.42. The zero-order valence-electron chi connectivity index (χ0n) is 10.9. The summed E-state index contributed by atoms with van der Waals surface area (Å²) in [5, 5.41) is 9.82. The molecule has 1 heterocycles. The van der Waals surface area contributed by atoms with Gasteiger partial charge in [-0.3, -0.25) is 4.79 Å². The van der Waals surface area contributed by atoms with Crippen molar-refractivity contribution in [3.63, 3.8) is 0 Å². The first-order chi connectivity index (χ1) is 8.81. The van der Waals surface area contributed by atoms with Gasteiger partial charge >= 0.3 is 0 Å². The zero-order chi connectivity index (χ0) is 12.8. The summed E-state index contributed by atoms with van der Waals surface area (Å²) in [4.78, 5) is 15.7. The van der Waals surface area contributed by atoms with Crippen LogP contribution in [0.3, 0.4) is 0 Å². The van der Waals surface area contributed by atoms with Gasteiger partial charge in [0.2, 0.25) is 0 Å². The standard InChI is InChI=1S/C12H15N5O.2ClH/c1-13-5-6-15-12(18)10-3-2-4-11(7-10)17-9-14-8-16-17;;/h2-4,7-9,13H,5-6H2,1H3,(H,15,18);2*1H. The Hall–Kier alpha value is -1.63. The van der Waals surface area contributed by atoms with Gasteiger partial charge in [0.1, 0.15) is 12.7 Å². The van der Waals surface area contributed by atoms with E-state index in [4.69, 9.17) is 0 Å². The van der Waals surface area contributed by atoms with Crippen molar-refractivity contribution < 1.29 is 4.79 Å². The fourth-order valence-corrected chi connectivity index (χ4v) is 1.53. The van der Waals surface area contributed by atoms with Crippen LogP contribution >= 0.6 is 24.8 Å². The average molecular weight is 318 g/mol. The molecule has 0 radical (unpaired) electrons. The number of hydrogen-bond donors (Lipinski definition) is 2. The van der Waals surface area contributed by atoms with Crippen LogP contribution in [0.15, 0.2) is 36.9 Å². The van der Waals surface area contributed by atoms with Crippen molar-refractivity contribution in [1.29, 1.82) is 0 Å². The largest absolute Gasteiger partial charge is 0.351 e. The quantitative estimate of drug-likeness (QED) is 0.809. The molecule has 0 aliphatic carbocycles. The molecule has 0 fully saturated rings. The lowest BCUT2D eigenvalue weighted by Gasteiger charge is -2.06.